The summed E-state index contributed by atoms with van der Waals surface area (Å²) >= 11 is 0. The van der Waals surface area contributed by atoms with Crippen molar-refractivity contribution in [1.29, 1.82) is 0 Å². The monoisotopic (exact) mass is 541 g/mol. The van der Waals surface area contributed by atoms with Gasteiger partial charge in [-0.05, 0) is 69.7 Å². The Labute approximate surface area is 215 Å². The minimum atomic E-state index is -4.76. The number of carbonyl (C=O) groups is 1. The Hall–Kier alpha value is -3.76. The van der Waals surface area contributed by atoms with Crippen molar-refractivity contribution in [2.45, 2.75) is 52.3 Å². The highest BCUT2D eigenvalue weighted by atomic mass is 19.4. The zero-order valence-corrected chi connectivity index (χ0v) is 21.0. The van der Waals surface area contributed by atoms with Crippen molar-refractivity contribution < 1.29 is 45.3 Å². The Morgan fingerprint density at radius 1 is 0.921 bits per heavy atom. The minimum Gasteiger partial charge on any atom is -0.489 e. The topological polar surface area (TPSA) is 57.7 Å². The molecule has 0 radical (unpaired) electrons. The maximum atomic E-state index is 13.8. The number of hydrogen-bond acceptors (Lipinski definition) is 5. The van der Waals surface area contributed by atoms with E-state index in [1.165, 1.54) is 12.1 Å². The summed E-state index contributed by atoms with van der Waals surface area (Å²) in [5.41, 5.74) is -2.90. The molecule has 0 saturated heterocycles. The van der Waals surface area contributed by atoms with Gasteiger partial charge in [0, 0.05) is 17.3 Å². The number of nitrogens with zero attached hydrogens (tertiary/aromatic N) is 1. The fourth-order valence-corrected chi connectivity index (χ4v) is 3.46. The first kappa shape index (κ1) is 28.8. The van der Waals surface area contributed by atoms with Crippen LogP contribution in [0, 0.1) is 6.92 Å². The van der Waals surface area contributed by atoms with Crippen LogP contribution in [0.1, 0.15) is 43.0 Å². The second-order valence-electron chi connectivity index (χ2n) is 8.85. The van der Waals surface area contributed by atoms with Crippen LogP contribution in [0.15, 0.2) is 54.7 Å². The Morgan fingerprint density at radius 3 is 2.13 bits per heavy atom. The Bertz CT molecular complexity index is 1280. The van der Waals surface area contributed by atoms with Crippen molar-refractivity contribution in [2.24, 2.45) is 0 Å². The molecule has 204 valence electrons. The number of halogens is 6. The highest BCUT2D eigenvalue weighted by Crippen LogP contribution is 2.36. The molecule has 5 nitrogen and oxygen atoms in total. The van der Waals surface area contributed by atoms with E-state index in [2.05, 4.69) is 4.98 Å². The molecule has 11 heteroatoms. The maximum Gasteiger partial charge on any atom is 0.416 e. The molecule has 0 N–H and O–H groups in total. The summed E-state index contributed by atoms with van der Waals surface area (Å²) in [4.78, 5) is 16.1. The van der Waals surface area contributed by atoms with Crippen LogP contribution in [0.4, 0.5) is 26.3 Å². The van der Waals surface area contributed by atoms with Gasteiger partial charge in [-0.25, -0.2) is 4.79 Å². The van der Waals surface area contributed by atoms with E-state index in [9.17, 15) is 31.1 Å². The Morgan fingerprint density at radius 2 is 1.58 bits per heavy atom. The number of benzene rings is 2. The van der Waals surface area contributed by atoms with E-state index < -0.39 is 41.7 Å². The highest BCUT2D eigenvalue weighted by Gasteiger charge is 2.35. The molecule has 2 aromatic carbocycles. The van der Waals surface area contributed by atoms with E-state index in [1.54, 1.807) is 33.8 Å². The van der Waals surface area contributed by atoms with Gasteiger partial charge in [0.25, 0.3) is 0 Å². The number of esters is 1. The lowest BCUT2D eigenvalue weighted by molar-refractivity contribution is -0.158. The summed E-state index contributed by atoms with van der Waals surface area (Å²) in [7, 11) is 0. The van der Waals surface area contributed by atoms with Gasteiger partial charge in [-0.2, -0.15) is 26.3 Å². The largest absolute Gasteiger partial charge is 0.489 e. The number of pyridine rings is 1. The zero-order valence-electron chi connectivity index (χ0n) is 21.0. The van der Waals surface area contributed by atoms with E-state index in [0.29, 0.717) is 11.3 Å². The molecule has 0 aliphatic heterocycles. The number of hydrogen-bond donors (Lipinski definition) is 0. The van der Waals surface area contributed by atoms with Crippen LogP contribution < -0.4 is 9.47 Å². The van der Waals surface area contributed by atoms with E-state index in [1.807, 2.05) is 0 Å². The lowest BCUT2D eigenvalue weighted by atomic mass is 10.0. The zero-order chi connectivity index (χ0) is 28.3. The molecule has 3 aromatic rings. The third kappa shape index (κ3) is 6.96. The molecule has 0 atom stereocenters. The molecule has 0 bridgehead atoms. The number of aromatic nitrogens is 1. The van der Waals surface area contributed by atoms with Crippen LogP contribution in [-0.4, -0.2) is 23.2 Å². The summed E-state index contributed by atoms with van der Waals surface area (Å²) in [6.07, 6.45) is -8.33. The predicted octanol–water partition coefficient (Wildman–Crippen LogP) is 7.39. The molecular formula is C27H25F6NO4. The van der Waals surface area contributed by atoms with Gasteiger partial charge in [0.2, 0.25) is 0 Å². The van der Waals surface area contributed by atoms with Crippen LogP contribution in [-0.2, 0) is 28.5 Å². The Kier molecular flexibility index (Phi) is 8.28. The van der Waals surface area contributed by atoms with Crippen LogP contribution >= 0.6 is 0 Å². The van der Waals surface area contributed by atoms with E-state index in [0.717, 1.165) is 36.5 Å². The average molecular weight is 541 g/mol. The molecule has 0 fully saturated rings. The van der Waals surface area contributed by atoms with Crippen LogP contribution in [0.25, 0.3) is 11.3 Å². The third-order valence-electron chi connectivity index (χ3n) is 5.47. The first-order valence-corrected chi connectivity index (χ1v) is 11.4. The van der Waals surface area contributed by atoms with E-state index in [4.69, 9.17) is 14.2 Å². The smallest absolute Gasteiger partial charge is 0.416 e. The van der Waals surface area contributed by atoms with Crippen molar-refractivity contribution in [3.63, 3.8) is 0 Å². The number of ether oxygens (including phenoxy) is 3. The van der Waals surface area contributed by atoms with Gasteiger partial charge in [-0.1, -0.05) is 12.1 Å². The molecule has 1 aromatic heterocycles. The van der Waals surface area contributed by atoms with Crippen molar-refractivity contribution in [1.82, 2.24) is 4.98 Å². The molecule has 0 unspecified atom stereocenters. The van der Waals surface area contributed by atoms with Gasteiger partial charge >= 0.3 is 18.3 Å². The summed E-state index contributed by atoms with van der Waals surface area (Å²) in [6.45, 7) is 6.18. The van der Waals surface area contributed by atoms with Gasteiger partial charge in [0.1, 0.15) is 18.1 Å². The van der Waals surface area contributed by atoms with Crippen LogP contribution in [0.2, 0.25) is 0 Å². The lowest BCUT2D eigenvalue weighted by Gasteiger charge is -2.25. The number of carbonyl (C=O) groups excluding carboxylic acids is 1. The molecular weight excluding hydrogens is 516 g/mol. The molecule has 0 amide bonds. The fraction of sp³-hybridized carbons (Fsp3) is 0.333. The van der Waals surface area contributed by atoms with Gasteiger partial charge < -0.3 is 14.2 Å². The molecule has 1 heterocycles. The average Bonchev–Trinajstić information content (AvgIpc) is 2.83. The van der Waals surface area contributed by atoms with Crippen molar-refractivity contribution >= 4 is 5.97 Å². The highest BCUT2D eigenvalue weighted by molar-refractivity contribution is 5.79. The minimum absolute atomic E-state index is 0.105. The van der Waals surface area contributed by atoms with Crippen molar-refractivity contribution in [3.8, 4) is 22.8 Å². The van der Waals surface area contributed by atoms with Gasteiger partial charge in [-0.3, -0.25) is 4.98 Å². The SMILES string of the molecule is CCOC(=O)C(C)(C)Oc1ccc(OCc2cnc(-c3ccc(C(F)(F)F)cc3)cc2C(F)(F)F)cc1C. The van der Waals surface area contributed by atoms with E-state index >= 15 is 0 Å². The van der Waals surface area contributed by atoms with Crippen molar-refractivity contribution in [3.05, 3.63) is 77.0 Å². The first-order valence-electron chi connectivity index (χ1n) is 11.4. The van der Waals surface area contributed by atoms with Crippen LogP contribution in [0.3, 0.4) is 0 Å². The quantitative estimate of drug-likeness (QED) is 0.220. The molecule has 38 heavy (non-hydrogen) atoms. The molecule has 0 saturated carbocycles. The van der Waals surface area contributed by atoms with Gasteiger partial charge in [0.05, 0.1) is 23.4 Å². The fourth-order valence-electron chi connectivity index (χ4n) is 3.46. The molecule has 0 spiro atoms. The van der Waals surface area contributed by atoms with Gasteiger partial charge in [-0.15, -0.1) is 0 Å². The standard InChI is InChI=1S/C27H25F6NO4/c1-5-36-24(35)25(3,4)38-23-11-10-20(12-16(23)2)37-15-18-14-34-22(13-21(18)27(31,32)33)17-6-8-19(9-7-17)26(28,29)30/h6-14H,5,15H2,1-4H3. The van der Waals surface area contributed by atoms with E-state index in [-0.39, 0.29) is 29.2 Å². The second kappa shape index (κ2) is 10.9. The number of rotatable bonds is 8. The van der Waals surface area contributed by atoms with Crippen molar-refractivity contribution in [2.75, 3.05) is 6.61 Å². The summed E-state index contributed by atoms with van der Waals surface area (Å²) in [6, 6.07) is 9.04. The number of aryl methyl sites for hydroxylation is 1. The molecule has 3 rings (SSSR count). The second-order valence-corrected chi connectivity index (χ2v) is 8.85. The maximum absolute atomic E-state index is 13.8. The summed E-state index contributed by atoms with van der Waals surface area (Å²) < 4.78 is 96.1. The summed E-state index contributed by atoms with van der Waals surface area (Å²) in [5.74, 6) is 0.0734. The lowest BCUT2D eigenvalue weighted by Crippen LogP contribution is -2.39. The first-order chi connectivity index (χ1) is 17.6. The molecule has 0 aliphatic rings. The third-order valence-corrected chi connectivity index (χ3v) is 5.47. The number of alkyl halides is 6. The Balaban J connectivity index is 1.79. The van der Waals surface area contributed by atoms with Gasteiger partial charge in [0.15, 0.2) is 5.60 Å². The van der Waals surface area contributed by atoms with Crippen LogP contribution in [0.5, 0.6) is 11.5 Å². The molecule has 0 aliphatic carbocycles. The summed E-state index contributed by atoms with van der Waals surface area (Å²) in [5, 5.41) is 0. The normalized spacial score (nSPS) is 12.3. The predicted molar refractivity (Wildman–Crippen MR) is 127 cm³/mol.